The summed E-state index contributed by atoms with van der Waals surface area (Å²) < 4.78 is 11.8. The highest BCUT2D eigenvalue weighted by molar-refractivity contribution is 6.00. The standard InChI is InChI=1S/C31H36N6O4/c1-23-31(21-26-12-5-6-13-27(26)22-34-37-32,30(39)36-33-18-7-11-24-9-3-2-4-10-24)35-29(41-23)25-14-16-28(17-15-25)40-20-8-19-38/h2-6,9-10,12-17,23,33,38H,7-8,11,18-22H2,1H3,(H,36,39)/t23-,31-/m0/s1. The molecule has 0 radical (unpaired) electrons. The second kappa shape index (κ2) is 14.9. The van der Waals surface area contributed by atoms with Crippen LogP contribution in [0.25, 0.3) is 10.4 Å². The zero-order valence-corrected chi connectivity index (χ0v) is 23.2. The lowest BCUT2D eigenvalue weighted by molar-refractivity contribution is -0.129. The van der Waals surface area contributed by atoms with E-state index in [0.29, 0.717) is 31.2 Å². The lowest BCUT2D eigenvalue weighted by Crippen LogP contribution is -2.56. The summed E-state index contributed by atoms with van der Waals surface area (Å²) >= 11 is 0. The first-order valence-electron chi connectivity index (χ1n) is 13.8. The van der Waals surface area contributed by atoms with Crippen molar-refractivity contribution in [2.45, 2.75) is 50.8 Å². The number of hydrogen-bond donors (Lipinski definition) is 3. The molecule has 1 aliphatic rings. The average Bonchev–Trinajstić information content (AvgIpc) is 3.34. The maximum Gasteiger partial charge on any atom is 0.266 e. The fourth-order valence-corrected chi connectivity index (χ4v) is 4.70. The summed E-state index contributed by atoms with van der Waals surface area (Å²) in [5, 5.41) is 12.7. The van der Waals surface area contributed by atoms with Gasteiger partial charge in [-0.2, -0.15) is 0 Å². The Morgan fingerprint density at radius 2 is 1.80 bits per heavy atom. The largest absolute Gasteiger partial charge is 0.494 e. The minimum Gasteiger partial charge on any atom is -0.494 e. The number of aryl methyl sites for hydroxylation is 1. The van der Waals surface area contributed by atoms with Gasteiger partial charge in [0.2, 0.25) is 5.90 Å². The molecule has 0 bridgehead atoms. The molecule has 10 heteroatoms. The Labute approximate surface area is 240 Å². The van der Waals surface area contributed by atoms with Gasteiger partial charge in [-0.25, -0.2) is 10.4 Å². The topological polar surface area (TPSA) is 141 Å². The average molecular weight is 557 g/mol. The van der Waals surface area contributed by atoms with Gasteiger partial charge < -0.3 is 14.6 Å². The molecule has 0 fully saturated rings. The molecular formula is C31H36N6O4. The van der Waals surface area contributed by atoms with Crippen molar-refractivity contribution in [3.05, 3.63) is 112 Å². The number of hydrazine groups is 1. The van der Waals surface area contributed by atoms with Crippen molar-refractivity contribution in [1.82, 2.24) is 10.9 Å². The molecule has 2 atom stereocenters. The van der Waals surface area contributed by atoms with Gasteiger partial charge in [0.1, 0.15) is 11.9 Å². The summed E-state index contributed by atoms with van der Waals surface area (Å²) in [4.78, 5) is 21.6. The van der Waals surface area contributed by atoms with E-state index in [2.05, 4.69) is 33.0 Å². The number of aliphatic hydroxyl groups excluding tert-OH is 1. The van der Waals surface area contributed by atoms with Crippen molar-refractivity contribution in [3.63, 3.8) is 0 Å². The zero-order chi connectivity index (χ0) is 28.9. The fraction of sp³-hybridized carbons (Fsp3) is 0.355. The molecule has 214 valence electrons. The number of carbonyl (C=O) groups is 1. The maximum absolute atomic E-state index is 13.8. The molecule has 0 aromatic heterocycles. The van der Waals surface area contributed by atoms with Crippen molar-refractivity contribution in [3.8, 4) is 5.75 Å². The van der Waals surface area contributed by atoms with E-state index in [4.69, 9.17) is 25.1 Å². The van der Waals surface area contributed by atoms with Gasteiger partial charge in [-0.15, -0.1) is 0 Å². The van der Waals surface area contributed by atoms with Crippen LogP contribution in [-0.2, 0) is 28.9 Å². The number of nitrogens with zero attached hydrogens (tertiary/aromatic N) is 4. The van der Waals surface area contributed by atoms with Gasteiger partial charge in [-0.3, -0.25) is 10.2 Å². The van der Waals surface area contributed by atoms with Crippen LogP contribution >= 0.6 is 0 Å². The van der Waals surface area contributed by atoms with E-state index >= 15 is 0 Å². The van der Waals surface area contributed by atoms with E-state index in [0.717, 1.165) is 29.5 Å². The number of azide groups is 1. The van der Waals surface area contributed by atoms with Crippen LogP contribution in [0.4, 0.5) is 0 Å². The first-order chi connectivity index (χ1) is 20.1. The Morgan fingerprint density at radius 1 is 1.07 bits per heavy atom. The SMILES string of the molecule is C[C@@H]1OC(c2ccc(OCCCO)cc2)=N[C@]1(Cc1ccccc1CN=[N+]=[N-])C(=O)NNCCCc1ccccc1. The predicted molar refractivity (Wildman–Crippen MR) is 157 cm³/mol. The van der Waals surface area contributed by atoms with Gasteiger partial charge in [0.15, 0.2) is 5.54 Å². The van der Waals surface area contributed by atoms with Crippen molar-refractivity contribution >= 4 is 11.8 Å². The van der Waals surface area contributed by atoms with E-state index in [-0.39, 0.29) is 25.5 Å². The Balaban J connectivity index is 1.54. The van der Waals surface area contributed by atoms with Crippen LogP contribution in [-0.4, -0.2) is 48.3 Å². The highest BCUT2D eigenvalue weighted by atomic mass is 16.5. The van der Waals surface area contributed by atoms with Crippen molar-refractivity contribution in [2.75, 3.05) is 19.8 Å². The molecule has 1 amide bonds. The fourth-order valence-electron chi connectivity index (χ4n) is 4.70. The lowest BCUT2D eigenvalue weighted by atomic mass is 9.84. The summed E-state index contributed by atoms with van der Waals surface area (Å²) in [6.45, 7) is 3.09. The van der Waals surface area contributed by atoms with Gasteiger partial charge in [-0.1, -0.05) is 59.7 Å². The molecule has 0 aliphatic carbocycles. The minimum absolute atomic E-state index is 0.0681. The van der Waals surface area contributed by atoms with Crippen LogP contribution < -0.4 is 15.6 Å². The smallest absolute Gasteiger partial charge is 0.266 e. The molecule has 1 heterocycles. The number of rotatable bonds is 15. The number of benzene rings is 3. The van der Waals surface area contributed by atoms with Crippen molar-refractivity contribution in [1.29, 1.82) is 0 Å². The summed E-state index contributed by atoms with van der Waals surface area (Å²) in [7, 11) is 0. The highest BCUT2D eigenvalue weighted by Gasteiger charge is 2.50. The second-order valence-corrected chi connectivity index (χ2v) is 9.86. The van der Waals surface area contributed by atoms with Gasteiger partial charge in [-0.05, 0) is 66.3 Å². The number of nitrogens with one attached hydrogen (secondary N) is 2. The van der Waals surface area contributed by atoms with Crippen LogP contribution in [0.2, 0.25) is 0 Å². The number of aliphatic hydroxyl groups is 1. The summed E-state index contributed by atoms with van der Waals surface area (Å²) in [6, 6.07) is 25.1. The molecule has 0 saturated carbocycles. The van der Waals surface area contributed by atoms with E-state index in [1.807, 2.05) is 73.7 Å². The monoisotopic (exact) mass is 556 g/mol. The van der Waals surface area contributed by atoms with Gasteiger partial charge in [0, 0.05) is 36.5 Å². The Kier molecular flexibility index (Phi) is 10.7. The third-order valence-corrected chi connectivity index (χ3v) is 7.02. The predicted octanol–water partition coefficient (Wildman–Crippen LogP) is 4.66. The Hall–Kier alpha value is -4.37. The molecule has 0 saturated heterocycles. The third kappa shape index (κ3) is 7.85. The lowest BCUT2D eigenvalue weighted by Gasteiger charge is -2.29. The molecule has 1 aliphatic heterocycles. The third-order valence-electron chi connectivity index (χ3n) is 7.02. The normalized spacial score (nSPS) is 17.7. The first-order valence-corrected chi connectivity index (χ1v) is 13.8. The molecule has 3 aromatic rings. The molecule has 3 N–H and O–H groups in total. The number of amides is 1. The van der Waals surface area contributed by atoms with Gasteiger partial charge in [0.25, 0.3) is 5.91 Å². The molecule has 10 nitrogen and oxygen atoms in total. The van der Waals surface area contributed by atoms with Gasteiger partial charge >= 0.3 is 0 Å². The van der Waals surface area contributed by atoms with Crippen LogP contribution in [0.1, 0.15) is 42.0 Å². The van der Waals surface area contributed by atoms with Gasteiger partial charge in [0.05, 0.1) is 13.2 Å². The maximum atomic E-state index is 13.8. The molecule has 0 unspecified atom stereocenters. The van der Waals surface area contributed by atoms with Crippen molar-refractivity contribution < 1.29 is 19.4 Å². The second-order valence-electron chi connectivity index (χ2n) is 9.86. The number of aliphatic imine (C=N–C) groups is 1. The van der Waals surface area contributed by atoms with Crippen LogP contribution in [0.3, 0.4) is 0 Å². The quantitative estimate of drug-likeness (QED) is 0.0821. The van der Waals surface area contributed by atoms with E-state index < -0.39 is 11.6 Å². The number of ether oxygens (including phenoxy) is 2. The molecule has 0 spiro atoms. The summed E-state index contributed by atoms with van der Waals surface area (Å²) in [5.41, 5.74) is 17.2. The first kappa shape index (κ1) is 29.6. The molecular weight excluding hydrogens is 520 g/mol. The molecule has 4 rings (SSSR count). The number of hydrogen-bond acceptors (Lipinski definition) is 7. The summed E-state index contributed by atoms with van der Waals surface area (Å²) in [5.74, 6) is 0.734. The van der Waals surface area contributed by atoms with E-state index in [9.17, 15) is 4.79 Å². The number of carbonyl (C=O) groups excluding carboxylic acids is 1. The van der Waals surface area contributed by atoms with E-state index in [1.165, 1.54) is 5.56 Å². The minimum atomic E-state index is -1.26. The molecule has 41 heavy (non-hydrogen) atoms. The summed E-state index contributed by atoms with van der Waals surface area (Å²) in [6.07, 6.45) is 1.97. The zero-order valence-electron chi connectivity index (χ0n) is 23.2. The van der Waals surface area contributed by atoms with Crippen LogP contribution in [0.5, 0.6) is 5.75 Å². The Bertz CT molecular complexity index is 1360. The Morgan fingerprint density at radius 3 is 2.54 bits per heavy atom. The van der Waals surface area contributed by atoms with Crippen LogP contribution in [0, 0.1) is 0 Å². The molecule has 3 aromatic carbocycles. The highest BCUT2D eigenvalue weighted by Crippen LogP contribution is 2.33. The van der Waals surface area contributed by atoms with E-state index in [1.54, 1.807) is 0 Å². The van der Waals surface area contributed by atoms with Crippen molar-refractivity contribution in [2.24, 2.45) is 10.1 Å². The van der Waals surface area contributed by atoms with Crippen LogP contribution in [0.15, 0.2) is 89.0 Å².